The van der Waals surface area contributed by atoms with Gasteiger partial charge in [0.25, 0.3) is 11.5 Å². The first-order chi connectivity index (χ1) is 20.6. The molecule has 0 spiro atoms. The fourth-order valence-electron chi connectivity index (χ4n) is 4.96. The molecule has 11 heteroatoms. The summed E-state index contributed by atoms with van der Waals surface area (Å²) in [5.41, 5.74) is 1.69. The number of benzene rings is 2. The number of amides is 4. The largest absolute Gasteiger partial charge is 0.355 e. The molecule has 0 saturated heterocycles. The summed E-state index contributed by atoms with van der Waals surface area (Å²) < 4.78 is 16.0. The van der Waals surface area contributed by atoms with Crippen LogP contribution in [0.2, 0.25) is 0 Å². The Morgan fingerprint density at radius 2 is 1.74 bits per heavy atom. The van der Waals surface area contributed by atoms with Crippen molar-refractivity contribution in [1.29, 1.82) is 0 Å². The lowest BCUT2D eigenvalue weighted by Gasteiger charge is -2.29. The lowest BCUT2D eigenvalue weighted by molar-refractivity contribution is -0.137. The van der Waals surface area contributed by atoms with Crippen molar-refractivity contribution in [3.05, 3.63) is 105 Å². The van der Waals surface area contributed by atoms with E-state index in [1.807, 2.05) is 6.07 Å². The molecule has 2 atom stereocenters. The summed E-state index contributed by atoms with van der Waals surface area (Å²) in [5, 5.41) is 8.27. The van der Waals surface area contributed by atoms with Crippen LogP contribution in [0.15, 0.2) is 71.5 Å². The number of hydrogen-bond acceptors (Lipinski definition) is 5. The van der Waals surface area contributed by atoms with Crippen LogP contribution in [0.5, 0.6) is 0 Å². The Balaban J connectivity index is 1.62. The molecule has 3 N–H and O–H groups in total. The molecule has 0 saturated carbocycles. The third-order valence-corrected chi connectivity index (χ3v) is 7.41. The minimum atomic E-state index is -1.03. The molecule has 0 fully saturated rings. The molecule has 1 aliphatic rings. The van der Waals surface area contributed by atoms with Crippen LogP contribution in [-0.4, -0.2) is 58.8 Å². The molecule has 10 nitrogen and oxygen atoms in total. The van der Waals surface area contributed by atoms with Crippen LogP contribution in [-0.2, 0) is 27.3 Å². The number of rotatable bonds is 4. The smallest absolute Gasteiger partial charge is 0.254 e. The number of fused-ring (bicyclic) bond motifs is 2. The highest BCUT2D eigenvalue weighted by atomic mass is 19.1. The molecule has 43 heavy (non-hydrogen) atoms. The molecule has 2 bridgehead atoms. The van der Waals surface area contributed by atoms with E-state index < -0.39 is 29.7 Å². The first-order valence-corrected chi connectivity index (χ1v) is 14.3. The maximum Gasteiger partial charge on any atom is 0.254 e. The number of aromatic nitrogens is 1. The molecule has 2 heterocycles. The van der Waals surface area contributed by atoms with E-state index in [9.17, 15) is 28.4 Å². The number of carbonyl (C=O) groups excluding carboxylic acids is 4. The zero-order chi connectivity index (χ0) is 30.9. The Hall–Kier alpha value is -4.80. The van der Waals surface area contributed by atoms with Gasteiger partial charge in [0.15, 0.2) is 0 Å². The lowest BCUT2D eigenvalue weighted by Crippen LogP contribution is -2.50. The van der Waals surface area contributed by atoms with Crippen LogP contribution in [0.3, 0.4) is 0 Å². The van der Waals surface area contributed by atoms with Gasteiger partial charge >= 0.3 is 0 Å². The zero-order valence-corrected chi connectivity index (χ0v) is 24.3. The standard InChI is InChI=1S/C32H36FN5O5/c1-21-8-6-12-30(41)38(21)17-15-29(40)37-19-27(24-10-4-3-5-11-24)36-31(42)22(2)35-32(43)25-18-23(13-14-26(25)33)9-7-16-34-28(39)20-37/h3-6,8,10-14,18,22,27H,7,9,15-17,19-20H2,1-2H3,(H,34,39)(H,35,43)(H,36,42)/t22-,27-/m1/s1. The van der Waals surface area contributed by atoms with Crippen LogP contribution in [0.4, 0.5) is 4.39 Å². The summed E-state index contributed by atoms with van der Waals surface area (Å²) >= 11 is 0. The zero-order valence-electron chi connectivity index (χ0n) is 24.3. The average Bonchev–Trinajstić information content (AvgIpc) is 2.98. The van der Waals surface area contributed by atoms with Gasteiger partial charge in [-0.3, -0.25) is 24.0 Å². The summed E-state index contributed by atoms with van der Waals surface area (Å²) in [6, 6.07) is 16.3. The summed E-state index contributed by atoms with van der Waals surface area (Å²) in [6.07, 6.45) is 0.952. The number of pyridine rings is 1. The molecule has 0 aliphatic carbocycles. The van der Waals surface area contributed by atoms with Gasteiger partial charge in [0.2, 0.25) is 17.7 Å². The van der Waals surface area contributed by atoms with Crippen LogP contribution in [0.25, 0.3) is 0 Å². The fourth-order valence-corrected chi connectivity index (χ4v) is 4.96. The summed E-state index contributed by atoms with van der Waals surface area (Å²) in [7, 11) is 0. The van der Waals surface area contributed by atoms with Crippen molar-refractivity contribution in [3.63, 3.8) is 0 Å². The Kier molecular flexibility index (Phi) is 10.4. The highest BCUT2D eigenvalue weighted by molar-refractivity contribution is 5.97. The molecule has 226 valence electrons. The second-order valence-corrected chi connectivity index (χ2v) is 10.6. The first kappa shape index (κ1) is 31.1. The van der Waals surface area contributed by atoms with Gasteiger partial charge in [0, 0.05) is 37.8 Å². The predicted molar refractivity (Wildman–Crippen MR) is 159 cm³/mol. The average molecular weight is 590 g/mol. The molecular weight excluding hydrogens is 553 g/mol. The molecular formula is C32H36FN5O5. The normalized spacial score (nSPS) is 18.7. The van der Waals surface area contributed by atoms with Gasteiger partial charge in [-0.25, -0.2) is 4.39 Å². The van der Waals surface area contributed by atoms with Crippen molar-refractivity contribution in [2.24, 2.45) is 0 Å². The third-order valence-electron chi connectivity index (χ3n) is 7.41. The number of hydrogen-bond donors (Lipinski definition) is 3. The van der Waals surface area contributed by atoms with Crippen molar-refractivity contribution < 1.29 is 23.6 Å². The second-order valence-electron chi connectivity index (χ2n) is 10.6. The highest BCUT2D eigenvalue weighted by Gasteiger charge is 2.27. The minimum absolute atomic E-state index is 0.0406. The topological polar surface area (TPSA) is 130 Å². The van der Waals surface area contributed by atoms with E-state index in [0.29, 0.717) is 36.2 Å². The Bertz CT molecular complexity index is 1540. The van der Waals surface area contributed by atoms with E-state index in [4.69, 9.17) is 0 Å². The summed E-state index contributed by atoms with van der Waals surface area (Å²) in [4.78, 5) is 66.5. The van der Waals surface area contributed by atoms with Crippen LogP contribution in [0.1, 0.15) is 53.0 Å². The van der Waals surface area contributed by atoms with Crippen molar-refractivity contribution in [3.8, 4) is 0 Å². The fraction of sp³-hybridized carbons (Fsp3) is 0.344. The molecule has 4 amide bonds. The summed E-state index contributed by atoms with van der Waals surface area (Å²) in [5.74, 6) is -2.73. The van der Waals surface area contributed by atoms with Crippen molar-refractivity contribution >= 4 is 23.6 Å². The second kappa shape index (κ2) is 14.4. The number of halogens is 1. The maximum absolute atomic E-state index is 14.5. The van der Waals surface area contributed by atoms with Gasteiger partial charge < -0.3 is 25.4 Å². The number of aryl methyl sites for hydroxylation is 2. The minimum Gasteiger partial charge on any atom is -0.355 e. The Morgan fingerprint density at radius 1 is 0.977 bits per heavy atom. The van der Waals surface area contributed by atoms with Crippen molar-refractivity contribution in [2.75, 3.05) is 19.6 Å². The van der Waals surface area contributed by atoms with E-state index in [1.165, 1.54) is 34.6 Å². The van der Waals surface area contributed by atoms with E-state index in [2.05, 4.69) is 16.0 Å². The molecule has 1 aromatic heterocycles. The number of nitrogens with zero attached hydrogens (tertiary/aromatic N) is 2. The molecule has 1 aliphatic heterocycles. The van der Waals surface area contributed by atoms with Gasteiger partial charge in [-0.1, -0.05) is 42.5 Å². The quantitative estimate of drug-likeness (QED) is 0.430. The first-order valence-electron chi connectivity index (χ1n) is 14.3. The predicted octanol–water partition coefficient (Wildman–Crippen LogP) is 2.25. The molecule has 0 radical (unpaired) electrons. The number of carbonyl (C=O) groups is 4. The van der Waals surface area contributed by atoms with Crippen LogP contribution >= 0.6 is 0 Å². The lowest BCUT2D eigenvalue weighted by atomic mass is 10.0. The molecule has 3 aromatic rings. The number of nitrogens with one attached hydrogen (secondary N) is 3. The monoisotopic (exact) mass is 589 g/mol. The SMILES string of the molecule is Cc1cccc(=O)n1CCC(=O)N1CC(=O)NCCCc2ccc(F)c(c2)C(=O)N[C@H](C)C(=O)N[C@@H](c2ccccc2)C1. The van der Waals surface area contributed by atoms with Crippen molar-refractivity contribution in [2.45, 2.75) is 51.7 Å². The molecule has 4 rings (SSSR count). The highest BCUT2D eigenvalue weighted by Crippen LogP contribution is 2.17. The summed E-state index contributed by atoms with van der Waals surface area (Å²) in [6.45, 7) is 3.40. The van der Waals surface area contributed by atoms with E-state index in [1.54, 1.807) is 49.4 Å². The maximum atomic E-state index is 14.5. The van der Waals surface area contributed by atoms with E-state index in [0.717, 1.165) is 0 Å². The van der Waals surface area contributed by atoms with Gasteiger partial charge in [-0.05, 0) is 56.0 Å². The van der Waals surface area contributed by atoms with Crippen LogP contribution < -0.4 is 21.5 Å². The van der Waals surface area contributed by atoms with E-state index in [-0.39, 0.29) is 49.0 Å². The van der Waals surface area contributed by atoms with Crippen molar-refractivity contribution in [1.82, 2.24) is 25.4 Å². The Labute approximate surface area is 249 Å². The van der Waals surface area contributed by atoms with E-state index >= 15 is 0 Å². The van der Waals surface area contributed by atoms with Crippen LogP contribution in [0, 0.1) is 12.7 Å². The molecule has 2 aromatic carbocycles. The van der Waals surface area contributed by atoms with Gasteiger partial charge in [-0.2, -0.15) is 0 Å². The van der Waals surface area contributed by atoms with Gasteiger partial charge in [0.05, 0.1) is 18.2 Å². The third kappa shape index (κ3) is 8.37. The van der Waals surface area contributed by atoms with Gasteiger partial charge in [-0.15, -0.1) is 0 Å². The Morgan fingerprint density at radius 3 is 2.49 bits per heavy atom. The molecule has 0 unspecified atom stereocenters. The van der Waals surface area contributed by atoms with Gasteiger partial charge in [0.1, 0.15) is 11.9 Å².